The number of benzene rings is 1. The number of hydrogen-bond donors (Lipinski definition) is 2. The van der Waals surface area contributed by atoms with E-state index in [0.29, 0.717) is 25.3 Å². The standard InChI is InChI=1S/C19H27NO4/c21-18(22)17(12-11-15-7-3-1-4-8-15)20(19(23)24)14-13-16-9-5-2-6-10-16/h1,3-4,7-8,16-17H,2,5-6,9-14H2,(H,21,22)(H,23,24). The van der Waals surface area contributed by atoms with Crippen LogP contribution in [-0.2, 0) is 11.2 Å². The molecule has 1 aromatic rings. The molecule has 1 aromatic carbocycles. The molecule has 0 aliphatic heterocycles. The van der Waals surface area contributed by atoms with Crippen molar-refractivity contribution >= 4 is 12.1 Å². The van der Waals surface area contributed by atoms with E-state index in [2.05, 4.69) is 0 Å². The lowest BCUT2D eigenvalue weighted by atomic mass is 9.87. The lowest BCUT2D eigenvalue weighted by molar-refractivity contribution is -0.142. The maximum atomic E-state index is 11.6. The molecule has 24 heavy (non-hydrogen) atoms. The second kappa shape index (κ2) is 9.30. The van der Waals surface area contributed by atoms with Crippen molar-refractivity contribution in [2.45, 2.75) is 57.4 Å². The highest BCUT2D eigenvalue weighted by Gasteiger charge is 2.29. The van der Waals surface area contributed by atoms with E-state index in [4.69, 9.17) is 0 Å². The fraction of sp³-hybridized carbons (Fsp3) is 0.579. The first kappa shape index (κ1) is 18.3. The van der Waals surface area contributed by atoms with Crippen molar-refractivity contribution < 1.29 is 19.8 Å². The molecule has 0 aromatic heterocycles. The maximum absolute atomic E-state index is 11.6. The lowest BCUT2D eigenvalue weighted by Gasteiger charge is -2.29. The van der Waals surface area contributed by atoms with Gasteiger partial charge in [0.25, 0.3) is 0 Å². The second-order valence-electron chi connectivity index (χ2n) is 6.65. The Labute approximate surface area is 143 Å². The molecule has 1 saturated carbocycles. The van der Waals surface area contributed by atoms with Gasteiger partial charge in [-0.15, -0.1) is 0 Å². The van der Waals surface area contributed by atoms with Gasteiger partial charge in [0.05, 0.1) is 0 Å². The van der Waals surface area contributed by atoms with Crippen LogP contribution < -0.4 is 0 Å². The van der Waals surface area contributed by atoms with Crippen molar-refractivity contribution in [3.8, 4) is 0 Å². The molecular weight excluding hydrogens is 306 g/mol. The summed E-state index contributed by atoms with van der Waals surface area (Å²) in [6, 6.07) is 8.61. The Hall–Kier alpha value is -2.04. The Bertz CT molecular complexity index is 525. The summed E-state index contributed by atoms with van der Waals surface area (Å²) in [4.78, 5) is 24.3. The number of carboxylic acid groups (broad SMARTS) is 2. The third-order valence-corrected chi connectivity index (χ3v) is 4.96. The fourth-order valence-corrected chi connectivity index (χ4v) is 3.54. The largest absolute Gasteiger partial charge is 0.480 e. The van der Waals surface area contributed by atoms with E-state index in [1.807, 2.05) is 30.3 Å². The first-order valence-electron chi connectivity index (χ1n) is 8.84. The van der Waals surface area contributed by atoms with Crippen LogP contribution in [0.15, 0.2) is 30.3 Å². The molecule has 1 atom stereocenters. The molecular formula is C19H27NO4. The van der Waals surface area contributed by atoms with E-state index in [1.54, 1.807) is 0 Å². The Balaban J connectivity index is 1.95. The summed E-state index contributed by atoms with van der Waals surface area (Å²) in [6.07, 6.45) is 6.43. The minimum Gasteiger partial charge on any atom is -0.480 e. The predicted molar refractivity (Wildman–Crippen MR) is 92.1 cm³/mol. The van der Waals surface area contributed by atoms with Crippen molar-refractivity contribution in [1.29, 1.82) is 0 Å². The topological polar surface area (TPSA) is 77.8 Å². The molecule has 1 aliphatic rings. The van der Waals surface area contributed by atoms with Gasteiger partial charge in [-0.3, -0.25) is 4.90 Å². The van der Waals surface area contributed by atoms with E-state index < -0.39 is 18.1 Å². The van der Waals surface area contributed by atoms with Crippen molar-refractivity contribution in [2.75, 3.05) is 6.54 Å². The van der Waals surface area contributed by atoms with Gasteiger partial charge in [0, 0.05) is 6.54 Å². The molecule has 1 aliphatic carbocycles. The molecule has 0 heterocycles. The molecule has 2 N–H and O–H groups in total. The Morgan fingerprint density at radius 2 is 1.75 bits per heavy atom. The quantitative estimate of drug-likeness (QED) is 0.753. The second-order valence-corrected chi connectivity index (χ2v) is 6.65. The highest BCUT2D eigenvalue weighted by Crippen LogP contribution is 2.27. The zero-order valence-electron chi connectivity index (χ0n) is 14.1. The van der Waals surface area contributed by atoms with Gasteiger partial charge in [0.2, 0.25) is 0 Å². The van der Waals surface area contributed by atoms with E-state index in [-0.39, 0.29) is 0 Å². The number of nitrogens with zero attached hydrogens (tertiary/aromatic N) is 1. The fourth-order valence-electron chi connectivity index (χ4n) is 3.54. The third-order valence-electron chi connectivity index (χ3n) is 4.96. The van der Waals surface area contributed by atoms with Crippen LogP contribution in [0.2, 0.25) is 0 Å². The molecule has 1 unspecified atom stereocenters. The molecule has 0 radical (unpaired) electrons. The highest BCUT2D eigenvalue weighted by molar-refractivity contribution is 5.79. The van der Waals surface area contributed by atoms with Crippen LogP contribution in [0.5, 0.6) is 0 Å². The van der Waals surface area contributed by atoms with Gasteiger partial charge >= 0.3 is 12.1 Å². The van der Waals surface area contributed by atoms with Crippen LogP contribution in [0.4, 0.5) is 4.79 Å². The lowest BCUT2D eigenvalue weighted by Crippen LogP contribution is -2.45. The van der Waals surface area contributed by atoms with E-state index in [0.717, 1.165) is 29.7 Å². The zero-order chi connectivity index (χ0) is 17.4. The summed E-state index contributed by atoms with van der Waals surface area (Å²) < 4.78 is 0. The van der Waals surface area contributed by atoms with Crippen molar-refractivity contribution in [1.82, 2.24) is 4.90 Å². The molecule has 1 fully saturated rings. The smallest absolute Gasteiger partial charge is 0.408 e. The average molecular weight is 333 g/mol. The zero-order valence-corrected chi connectivity index (χ0v) is 14.1. The van der Waals surface area contributed by atoms with Gasteiger partial charge in [-0.25, -0.2) is 9.59 Å². The number of rotatable bonds is 8. The summed E-state index contributed by atoms with van der Waals surface area (Å²) in [7, 11) is 0. The highest BCUT2D eigenvalue weighted by atomic mass is 16.4. The van der Waals surface area contributed by atoms with Gasteiger partial charge in [0.1, 0.15) is 6.04 Å². The number of aryl methyl sites for hydroxylation is 1. The predicted octanol–water partition coefficient (Wildman–Crippen LogP) is 4.02. The van der Waals surface area contributed by atoms with Gasteiger partial charge in [0.15, 0.2) is 0 Å². The number of carboxylic acids is 1. The van der Waals surface area contributed by atoms with Crippen LogP contribution in [-0.4, -0.2) is 39.8 Å². The van der Waals surface area contributed by atoms with Gasteiger partial charge in [-0.1, -0.05) is 62.4 Å². The summed E-state index contributed by atoms with van der Waals surface area (Å²) >= 11 is 0. The first-order chi connectivity index (χ1) is 11.6. The normalized spacial score (nSPS) is 16.5. The van der Waals surface area contributed by atoms with Crippen molar-refractivity contribution in [3.05, 3.63) is 35.9 Å². The Kier molecular flexibility index (Phi) is 7.09. The Morgan fingerprint density at radius 3 is 2.33 bits per heavy atom. The molecule has 1 amide bonds. The minimum atomic E-state index is -1.13. The maximum Gasteiger partial charge on any atom is 0.408 e. The van der Waals surface area contributed by atoms with E-state index in [1.165, 1.54) is 19.3 Å². The van der Waals surface area contributed by atoms with Crippen LogP contribution in [0.1, 0.15) is 50.5 Å². The van der Waals surface area contributed by atoms with E-state index >= 15 is 0 Å². The summed E-state index contributed by atoms with van der Waals surface area (Å²) in [5.41, 5.74) is 1.03. The van der Waals surface area contributed by atoms with Crippen LogP contribution in [0.25, 0.3) is 0 Å². The molecule has 0 saturated heterocycles. The van der Waals surface area contributed by atoms with Crippen LogP contribution in [0, 0.1) is 5.92 Å². The monoisotopic (exact) mass is 333 g/mol. The molecule has 0 spiro atoms. The van der Waals surface area contributed by atoms with Crippen molar-refractivity contribution in [2.24, 2.45) is 5.92 Å². The van der Waals surface area contributed by atoms with Crippen LogP contribution in [0.3, 0.4) is 0 Å². The molecule has 5 nitrogen and oxygen atoms in total. The number of hydrogen-bond acceptors (Lipinski definition) is 2. The number of aliphatic carboxylic acids is 1. The molecule has 0 bridgehead atoms. The van der Waals surface area contributed by atoms with Gasteiger partial charge in [-0.05, 0) is 30.7 Å². The molecule has 2 rings (SSSR count). The Morgan fingerprint density at radius 1 is 1.08 bits per heavy atom. The SMILES string of the molecule is O=C(O)C(CCc1ccccc1)N(CCC1CCCCC1)C(=O)O. The summed E-state index contributed by atoms with van der Waals surface area (Å²) in [5.74, 6) is -0.527. The third kappa shape index (κ3) is 5.55. The van der Waals surface area contributed by atoms with E-state index in [9.17, 15) is 19.8 Å². The number of amides is 1. The first-order valence-corrected chi connectivity index (χ1v) is 8.84. The van der Waals surface area contributed by atoms with Crippen LogP contribution >= 0.6 is 0 Å². The summed E-state index contributed by atoms with van der Waals surface area (Å²) in [6.45, 7) is 0.311. The minimum absolute atomic E-state index is 0.302. The average Bonchev–Trinajstić information content (AvgIpc) is 2.59. The number of carbonyl (C=O) groups is 2. The van der Waals surface area contributed by atoms with Crippen molar-refractivity contribution in [3.63, 3.8) is 0 Å². The molecule has 5 heteroatoms. The molecule has 132 valence electrons. The van der Waals surface area contributed by atoms with Gasteiger partial charge in [-0.2, -0.15) is 0 Å². The summed E-state index contributed by atoms with van der Waals surface area (Å²) in [5, 5.41) is 19.0. The van der Waals surface area contributed by atoms with Gasteiger partial charge < -0.3 is 10.2 Å².